The van der Waals surface area contributed by atoms with E-state index in [4.69, 9.17) is 32.7 Å². The molecule has 3 rings (SSSR count). The van der Waals surface area contributed by atoms with E-state index in [0.717, 1.165) is 20.9 Å². The number of rotatable bonds is 7. The van der Waals surface area contributed by atoms with Crippen molar-refractivity contribution in [2.45, 2.75) is 13.5 Å². The van der Waals surface area contributed by atoms with Gasteiger partial charge in [0.1, 0.15) is 23.1 Å². The van der Waals surface area contributed by atoms with E-state index in [1.54, 1.807) is 37.5 Å². The molecule has 0 radical (unpaired) electrons. The zero-order chi connectivity index (χ0) is 20.1. The molecule has 0 N–H and O–H groups in total. The van der Waals surface area contributed by atoms with E-state index in [-0.39, 0.29) is 12.4 Å². The predicted octanol–water partition coefficient (Wildman–Crippen LogP) is 6.85. The third-order valence-electron chi connectivity index (χ3n) is 4.01. The number of ketones is 1. The topological polar surface area (TPSA) is 35.5 Å². The minimum Gasteiger partial charge on any atom is -0.496 e. The van der Waals surface area contributed by atoms with Crippen molar-refractivity contribution in [3.63, 3.8) is 0 Å². The van der Waals surface area contributed by atoms with E-state index in [0.29, 0.717) is 21.5 Å². The SMILES string of the molecule is COc1ccc(/C=C/C(=O)c2ccc(C)s2)cc1COc1cccc(Cl)c1Cl. The first kappa shape index (κ1) is 20.5. The van der Waals surface area contributed by atoms with E-state index >= 15 is 0 Å². The molecule has 0 aliphatic heterocycles. The van der Waals surface area contributed by atoms with Gasteiger partial charge in [-0.2, -0.15) is 0 Å². The maximum Gasteiger partial charge on any atom is 0.195 e. The van der Waals surface area contributed by atoms with Crippen molar-refractivity contribution in [2.75, 3.05) is 7.11 Å². The number of hydrogen-bond donors (Lipinski definition) is 0. The monoisotopic (exact) mass is 432 g/mol. The smallest absolute Gasteiger partial charge is 0.195 e. The van der Waals surface area contributed by atoms with Crippen molar-refractivity contribution in [3.8, 4) is 11.5 Å². The maximum absolute atomic E-state index is 12.3. The first-order chi connectivity index (χ1) is 13.5. The van der Waals surface area contributed by atoms with Crippen molar-refractivity contribution in [1.82, 2.24) is 0 Å². The molecule has 2 aromatic carbocycles. The third kappa shape index (κ3) is 4.96. The summed E-state index contributed by atoms with van der Waals surface area (Å²) in [5.41, 5.74) is 1.71. The summed E-state index contributed by atoms with van der Waals surface area (Å²) in [5.74, 6) is 1.17. The highest BCUT2D eigenvalue weighted by Crippen LogP contribution is 2.32. The number of carbonyl (C=O) groups is 1. The Labute approximate surface area is 178 Å². The van der Waals surface area contributed by atoms with E-state index in [1.807, 2.05) is 37.3 Å². The molecule has 0 unspecified atom stereocenters. The number of halogens is 2. The van der Waals surface area contributed by atoms with Crippen LogP contribution in [0.3, 0.4) is 0 Å². The van der Waals surface area contributed by atoms with Crippen molar-refractivity contribution in [1.29, 1.82) is 0 Å². The summed E-state index contributed by atoms with van der Waals surface area (Å²) < 4.78 is 11.2. The molecule has 144 valence electrons. The van der Waals surface area contributed by atoms with Crippen molar-refractivity contribution in [3.05, 3.63) is 85.5 Å². The van der Waals surface area contributed by atoms with Crippen LogP contribution < -0.4 is 9.47 Å². The van der Waals surface area contributed by atoms with Gasteiger partial charge in [-0.3, -0.25) is 4.79 Å². The normalized spacial score (nSPS) is 11.0. The molecule has 0 atom stereocenters. The van der Waals surface area contributed by atoms with Crippen LogP contribution in [-0.4, -0.2) is 12.9 Å². The molecule has 28 heavy (non-hydrogen) atoms. The van der Waals surface area contributed by atoms with Gasteiger partial charge < -0.3 is 9.47 Å². The minimum absolute atomic E-state index is 0.0163. The van der Waals surface area contributed by atoms with Gasteiger partial charge in [0.25, 0.3) is 0 Å². The van der Waals surface area contributed by atoms with Gasteiger partial charge >= 0.3 is 0 Å². The van der Waals surface area contributed by atoms with E-state index in [9.17, 15) is 4.79 Å². The van der Waals surface area contributed by atoms with Crippen LogP contribution in [0.2, 0.25) is 10.0 Å². The van der Waals surface area contributed by atoms with Crippen LogP contribution in [-0.2, 0) is 6.61 Å². The average molecular weight is 433 g/mol. The Morgan fingerprint density at radius 3 is 2.64 bits per heavy atom. The summed E-state index contributed by atoms with van der Waals surface area (Å²) in [6.45, 7) is 2.23. The van der Waals surface area contributed by atoms with Crippen molar-refractivity contribution in [2.24, 2.45) is 0 Å². The van der Waals surface area contributed by atoms with Crippen LogP contribution in [0, 0.1) is 6.92 Å². The fourth-order valence-electron chi connectivity index (χ4n) is 2.59. The number of methoxy groups -OCH3 is 1. The molecule has 0 bridgehead atoms. The number of benzene rings is 2. The highest BCUT2D eigenvalue weighted by molar-refractivity contribution is 7.14. The zero-order valence-corrected chi connectivity index (χ0v) is 17.7. The lowest BCUT2D eigenvalue weighted by Gasteiger charge is -2.12. The summed E-state index contributed by atoms with van der Waals surface area (Å²) in [5, 5.41) is 0.807. The minimum atomic E-state index is -0.0163. The Hall–Kier alpha value is -2.27. The molecule has 3 aromatic rings. The van der Waals surface area contributed by atoms with Gasteiger partial charge in [0.2, 0.25) is 0 Å². The molecular formula is C22H18Cl2O3S. The summed E-state index contributed by atoms with van der Waals surface area (Å²) >= 11 is 13.7. The zero-order valence-electron chi connectivity index (χ0n) is 15.4. The molecule has 0 spiro atoms. The molecule has 0 fully saturated rings. The fraction of sp³-hybridized carbons (Fsp3) is 0.136. The number of allylic oxidation sites excluding steroid dienone is 1. The Kier molecular flexibility index (Phi) is 6.79. The Morgan fingerprint density at radius 1 is 1.11 bits per heavy atom. The molecule has 0 aliphatic carbocycles. The lowest BCUT2D eigenvalue weighted by molar-refractivity contribution is 0.105. The highest BCUT2D eigenvalue weighted by Gasteiger charge is 2.09. The van der Waals surface area contributed by atoms with Gasteiger partial charge in [0.05, 0.1) is 17.0 Å². The third-order valence-corrected chi connectivity index (χ3v) is 5.83. The molecule has 1 aromatic heterocycles. The Bertz CT molecular complexity index is 1020. The molecule has 6 heteroatoms. The number of aryl methyl sites for hydroxylation is 1. The molecule has 0 amide bonds. The molecule has 0 saturated heterocycles. The molecule has 0 saturated carbocycles. The summed E-state index contributed by atoms with van der Waals surface area (Å²) in [6, 6.07) is 14.7. The van der Waals surface area contributed by atoms with Gasteiger partial charge in [-0.15, -0.1) is 11.3 Å². The number of thiophene rings is 1. The Balaban J connectivity index is 1.77. The molecule has 3 nitrogen and oxygen atoms in total. The number of ether oxygens (including phenoxy) is 2. The van der Waals surface area contributed by atoms with Crippen LogP contribution in [0.1, 0.15) is 25.7 Å². The van der Waals surface area contributed by atoms with Crippen LogP contribution in [0.4, 0.5) is 0 Å². The second-order valence-corrected chi connectivity index (χ2v) is 8.09. The van der Waals surface area contributed by atoms with Gasteiger partial charge in [-0.25, -0.2) is 0 Å². The first-order valence-corrected chi connectivity index (χ1v) is 10.1. The molecule has 0 aliphatic rings. The number of hydrogen-bond acceptors (Lipinski definition) is 4. The summed E-state index contributed by atoms with van der Waals surface area (Å²) in [7, 11) is 1.60. The van der Waals surface area contributed by atoms with Gasteiger partial charge in [-0.05, 0) is 55.0 Å². The molecule has 1 heterocycles. The fourth-order valence-corrected chi connectivity index (χ4v) is 3.72. The highest BCUT2D eigenvalue weighted by atomic mass is 35.5. The van der Waals surface area contributed by atoms with Gasteiger partial charge in [0.15, 0.2) is 5.78 Å². The molecular weight excluding hydrogens is 415 g/mol. The van der Waals surface area contributed by atoms with Crippen molar-refractivity contribution >= 4 is 46.4 Å². The second kappa shape index (κ2) is 9.28. The second-order valence-electron chi connectivity index (χ2n) is 6.02. The van der Waals surface area contributed by atoms with Crippen LogP contribution in [0.5, 0.6) is 11.5 Å². The first-order valence-electron chi connectivity index (χ1n) is 8.50. The lowest BCUT2D eigenvalue weighted by Crippen LogP contribution is -2.00. The van der Waals surface area contributed by atoms with E-state index in [2.05, 4.69) is 0 Å². The predicted molar refractivity (Wildman–Crippen MR) is 116 cm³/mol. The average Bonchev–Trinajstić information content (AvgIpc) is 3.13. The van der Waals surface area contributed by atoms with E-state index in [1.165, 1.54) is 11.3 Å². The maximum atomic E-state index is 12.3. The number of carbonyl (C=O) groups excluding carboxylic acids is 1. The quantitative estimate of drug-likeness (QED) is 0.302. The van der Waals surface area contributed by atoms with Crippen LogP contribution in [0.15, 0.2) is 54.6 Å². The van der Waals surface area contributed by atoms with Crippen LogP contribution in [0.25, 0.3) is 6.08 Å². The van der Waals surface area contributed by atoms with Gasteiger partial charge in [-0.1, -0.05) is 41.4 Å². The summed E-state index contributed by atoms with van der Waals surface area (Å²) in [4.78, 5) is 14.1. The van der Waals surface area contributed by atoms with Crippen LogP contribution >= 0.6 is 34.5 Å². The largest absolute Gasteiger partial charge is 0.496 e. The Morgan fingerprint density at radius 2 is 1.93 bits per heavy atom. The van der Waals surface area contributed by atoms with Crippen molar-refractivity contribution < 1.29 is 14.3 Å². The van der Waals surface area contributed by atoms with E-state index < -0.39 is 0 Å². The standard InChI is InChI=1S/C22H18Cl2O3S/c1-14-6-11-21(28-14)18(25)9-7-15-8-10-19(26-2)16(12-15)13-27-20-5-3-4-17(23)22(20)24/h3-12H,13H2,1-2H3/b9-7+. The van der Waals surface area contributed by atoms with Gasteiger partial charge in [0, 0.05) is 10.4 Å². The lowest BCUT2D eigenvalue weighted by atomic mass is 10.1. The summed E-state index contributed by atoms with van der Waals surface area (Å²) in [6.07, 6.45) is 3.36.